The molecule has 0 aromatic carbocycles. The monoisotopic (exact) mass is 544 g/mol. The predicted molar refractivity (Wildman–Crippen MR) is 153 cm³/mol. The molecular weight excluding hydrogens is 508 g/mol. The minimum absolute atomic E-state index is 0.199. The fourth-order valence-corrected chi connectivity index (χ4v) is 7.92. The lowest BCUT2D eigenvalue weighted by molar-refractivity contribution is 0.265. The van der Waals surface area contributed by atoms with Gasteiger partial charge in [0.25, 0.3) is 0 Å². The standard InChI is InChI=1S/C29H36N8OS/c1-16(8-7-13-32-4)18(3)37-28-21(17(2)35-37)15-33-27(34-28)24-19-9-5-11-29(25(19)38-36-24)12-6-10-22-23(29)20(14-30)26(31)39-22/h15-16,18,32H,5-13,31H2,1-4H3/t16-,18-,29-/m0/s1. The SMILES string of the molecule is CNCCC[C@H](C)[C@H](C)n1nc(C)c2cnc(-c3noc4c3CCC[C@@]43CCCc4sc(N)c(C#N)c43)nc21. The highest BCUT2D eigenvalue weighted by Crippen LogP contribution is 2.55. The van der Waals surface area contributed by atoms with Crippen molar-refractivity contribution < 1.29 is 4.52 Å². The first-order valence-electron chi connectivity index (χ1n) is 14.1. The number of thiophene rings is 1. The molecule has 0 fully saturated rings. The molecule has 4 aromatic heterocycles. The molecule has 4 heterocycles. The average molecular weight is 545 g/mol. The molecule has 0 bridgehead atoms. The molecule has 1 spiro atoms. The van der Waals surface area contributed by atoms with Gasteiger partial charge in [-0.2, -0.15) is 10.4 Å². The number of anilines is 1. The van der Waals surface area contributed by atoms with Gasteiger partial charge < -0.3 is 15.6 Å². The molecule has 3 atom stereocenters. The van der Waals surface area contributed by atoms with Crippen LogP contribution in [0, 0.1) is 24.2 Å². The summed E-state index contributed by atoms with van der Waals surface area (Å²) in [5, 5.41) is 24.3. The molecular formula is C29H36N8OS. The van der Waals surface area contributed by atoms with Gasteiger partial charge in [0.2, 0.25) is 0 Å². The first kappa shape index (κ1) is 26.0. The van der Waals surface area contributed by atoms with E-state index in [4.69, 9.17) is 25.3 Å². The van der Waals surface area contributed by atoms with Gasteiger partial charge >= 0.3 is 0 Å². The highest BCUT2D eigenvalue weighted by molar-refractivity contribution is 7.16. The van der Waals surface area contributed by atoms with E-state index in [1.165, 1.54) is 4.88 Å². The number of nitrogen functional groups attached to an aromatic ring is 1. The molecule has 6 rings (SSSR count). The Morgan fingerprint density at radius 2 is 2.08 bits per heavy atom. The van der Waals surface area contributed by atoms with Crippen molar-refractivity contribution in [1.82, 2.24) is 30.2 Å². The molecule has 39 heavy (non-hydrogen) atoms. The van der Waals surface area contributed by atoms with Crippen LogP contribution in [0.25, 0.3) is 22.6 Å². The largest absolute Gasteiger partial charge is 0.389 e. The molecule has 0 radical (unpaired) electrons. The Bertz CT molecular complexity index is 1570. The Hall–Kier alpha value is -3.29. The molecule has 0 saturated heterocycles. The number of hydrogen-bond acceptors (Lipinski definition) is 9. The minimum atomic E-state index is -0.356. The van der Waals surface area contributed by atoms with Crippen LogP contribution in [0.15, 0.2) is 10.7 Å². The molecule has 9 nitrogen and oxygen atoms in total. The zero-order valence-electron chi connectivity index (χ0n) is 23.2. The molecule has 4 aromatic rings. The lowest BCUT2D eigenvalue weighted by Gasteiger charge is -2.39. The van der Waals surface area contributed by atoms with E-state index >= 15 is 0 Å². The molecule has 2 aliphatic carbocycles. The van der Waals surface area contributed by atoms with E-state index in [0.29, 0.717) is 28.0 Å². The van der Waals surface area contributed by atoms with Gasteiger partial charge in [0, 0.05) is 16.6 Å². The maximum atomic E-state index is 9.98. The van der Waals surface area contributed by atoms with Gasteiger partial charge in [-0.3, -0.25) is 0 Å². The van der Waals surface area contributed by atoms with Crippen LogP contribution in [-0.4, -0.2) is 38.5 Å². The maximum absolute atomic E-state index is 9.98. The number of nitrogens with zero attached hydrogens (tertiary/aromatic N) is 6. The summed E-state index contributed by atoms with van der Waals surface area (Å²) in [4.78, 5) is 11.0. The van der Waals surface area contributed by atoms with Crippen molar-refractivity contribution in [3.05, 3.63) is 39.2 Å². The Labute approximate surface area is 232 Å². The summed E-state index contributed by atoms with van der Waals surface area (Å²) in [5.74, 6) is 1.90. The maximum Gasteiger partial charge on any atom is 0.184 e. The molecule has 0 amide bonds. The summed E-state index contributed by atoms with van der Waals surface area (Å²) < 4.78 is 8.25. The van der Waals surface area contributed by atoms with Crippen LogP contribution in [0.5, 0.6) is 0 Å². The molecule has 3 N–H and O–H groups in total. The van der Waals surface area contributed by atoms with E-state index in [-0.39, 0.29) is 11.5 Å². The van der Waals surface area contributed by atoms with Crippen LogP contribution in [-0.2, 0) is 18.3 Å². The smallest absolute Gasteiger partial charge is 0.184 e. The zero-order valence-corrected chi connectivity index (χ0v) is 24.0. The number of hydrogen-bond donors (Lipinski definition) is 2. The quantitative estimate of drug-likeness (QED) is 0.293. The van der Waals surface area contributed by atoms with E-state index in [1.807, 2.05) is 20.2 Å². The Balaban J connectivity index is 1.42. The van der Waals surface area contributed by atoms with Crippen LogP contribution in [0.3, 0.4) is 0 Å². The molecule has 0 saturated carbocycles. The number of nitriles is 1. The molecule has 0 aliphatic heterocycles. The van der Waals surface area contributed by atoms with E-state index in [1.54, 1.807) is 11.3 Å². The number of fused-ring (bicyclic) bond motifs is 5. The summed E-state index contributed by atoms with van der Waals surface area (Å²) in [6, 6.07) is 2.59. The van der Waals surface area contributed by atoms with Gasteiger partial charge in [0.15, 0.2) is 22.9 Å². The van der Waals surface area contributed by atoms with E-state index in [0.717, 1.165) is 91.5 Å². The molecule has 10 heteroatoms. The van der Waals surface area contributed by atoms with Crippen LogP contribution < -0.4 is 11.1 Å². The first-order valence-corrected chi connectivity index (χ1v) is 14.9. The highest BCUT2D eigenvalue weighted by Gasteiger charge is 2.48. The van der Waals surface area contributed by atoms with Gasteiger partial charge in [-0.15, -0.1) is 11.3 Å². The van der Waals surface area contributed by atoms with E-state index in [9.17, 15) is 5.26 Å². The third kappa shape index (κ3) is 4.05. The minimum Gasteiger partial charge on any atom is -0.389 e. The van der Waals surface area contributed by atoms with Crippen molar-refractivity contribution in [1.29, 1.82) is 5.26 Å². The predicted octanol–water partition coefficient (Wildman–Crippen LogP) is 5.46. The van der Waals surface area contributed by atoms with Crippen LogP contribution in [0.4, 0.5) is 5.00 Å². The average Bonchev–Trinajstić information content (AvgIpc) is 3.62. The van der Waals surface area contributed by atoms with Crippen LogP contribution in [0.1, 0.15) is 91.4 Å². The van der Waals surface area contributed by atoms with Gasteiger partial charge in [-0.25, -0.2) is 14.6 Å². The normalized spacial score (nSPS) is 20.1. The van der Waals surface area contributed by atoms with Crippen molar-refractivity contribution in [2.24, 2.45) is 5.92 Å². The Kier molecular flexibility index (Phi) is 6.68. The highest BCUT2D eigenvalue weighted by atomic mass is 32.1. The number of rotatable bonds is 7. The van der Waals surface area contributed by atoms with Crippen molar-refractivity contribution in [3.63, 3.8) is 0 Å². The van der Waals surface area contributed by atoms with E-state index < -0.39 is 0 Å². The number of aromatic nitrogens is 5. The van der Waals surface area contributed by atoms with Crippen molar-refractivity contribution in [2.45, 2.75) is 83.6 Å². The fourth-order valence-electron chi connectivity index (χ4n) is 6.76. The lowest BCUT2D eigenvalue weighted by atomic mass is 9.63. The lowest BCUT2D eigenvalue weighted by Crippen LogP contribution is -2.35. The number of nitrogens with two attached hydrogens (primary N) is 1. The second-order valence-electron chi connectivity index (χ2n) is 11.3. The Morgan fingerprint density at radius 1 is 1.28 bits per heavy atom. The summed E-state index contributed by atoms with van der Waals surface area (Å²) in [5.41, 5.74) is 11.2. The fraction of sp³-hybridized carbons (Fsp3) is 0.552. The summed E-state index contributed by atoms with van der Waals surface area (Å²) >= 11 is 1.56. The summed E-state index contributed by atoms with van der Waals surface area (Å²) in [7, 11) is 1.99. The third-order valence-corrected chi connectivity index (χ3v) is 10.1. The van der Waals surface area contributed by atoms with Crippen LogP contribution >= 0.6 is 11.3 Å². The van der Waals surface area contributed by atoms with Crippen LogP contribution in [0.2, 0.25) is 0 Å². The first-order chi connectivity index (χ1) is 18.9. The second kappa shape index (κ2) is 10.0. The molecule has 204 valence electrons. The van der Waals surface area contributed by atoms with Gasteiger partial charge in [-0.1, -0.05) is 12.1 Å². The Morgan fingerprint density at radius 3 is 2.85 bits per heavy atom. The van der Waals surface area contributed by atoms with Gasteiger partial charge in [0.05, 0.1) is 28.1 Å². The van der Waals surface area contributed by atoms with Crippen molar-refractivity contribution in [3.8, 4) is 17.6 Å². The number of aryl methyl sites for hydroxylation is 2. The van der Waals surface area contributed by atoms with E-state index in [2.05, 4.69) is 35.1 Å². The molecule has 2 aliphatic rings. The third-order valence-electron chi connectivity index (χ3n) is 9.00. The van der Waals surface area contributed by atoms with Gasteiger partial charge in [0.1, 0.15) is 11.1 Å². The zero-order chi connectivity index (χ0) is 27.3. The topological polar surface area (TPSA) is 131 Å². The molecule has 0 unspecified atom stereocenters. The van der Waals surface area contributed by atoms with Crippen molar-refractivity contribution >= 4 is 27.4 Å². The summed E-state index contributed by atoms with van der Waals surface area (Å²) in [6.07, 6.45) is 9.81. The summed E-state index contributed by atoms with van der Waals surface area (Å²) in [6.45, 7) is 7.53. The van der Waals surface area contributed by atoms with Gasteiger partial charge in [-0.05, 0) is 90.3 Å². The second-order valence-corrected chi connectivity index (χ2v) is 12.4. The number of nitrogens with one attached hydrogen (secondary N) is 1. The van der Waals surface area contributed by atoms with Crippen molar-refractivity contribution in [2.75, 3.05) is 19.3 Å².